The standard InChI is InChI=1S/C23H32N4O3S/c1-19-9-11-22(12-10-19)27(31(29,30)25(2)3)18-23(28)24-21-13-15-26(16-14-21)17-20-7-5-4-6-8-20/h4-12,21H,13-18H2,1-3H3,(H,24,28). The average molecular weight is 445 g/mol. The largest absolute Gasteiger partial charge is 0.352 e. The van der Waals surface area contributed by atoms with E-state index < -0.39 is 10.2 Å². The summed E-state index contributed by atoms with van der Waals surface area (Å²) < 4.78 is 27.9. The van der Waals surface area contributed by atoms with Crippen LogP contribution in [0.15, 0.2) is 54.6 Å². The van der Waals surface area contributed by atoms with E-state index in [0.717, 1.165) is 46.6 Å². The van der Waals surface area contributed by atoms with Gasteiger partial charge in [-0.2, -0.15) is 12.7 Å². The van der Waals surface area contributed by atoms with Crippen molar-refractivity contribution < 1.29 is 13.2 Å². The highest BCUT2D eigenvalue weighted by atomic mass is 32.2. The van der Waals surface area contributed by atoms with Gasteiger partial charge in [0.2, 0.25) is 5.91 Å². The van der Waals surface area contributed by atoms with E-state index in [9.17, 15) is 13.2 Å². The first-order valence-corrected chi connectivity index (χ1v) is 12.0. The fourth-order valence-corrected chi connectivity index (χ4v) is 4.76. The van der Waals surface area contributed by atoms with Crippen molar-refractivity contribution in [3.63, 3.8) is 0 Å². The maximum atomic E-state index is 12.8. The van der Waals surface area contributed by atoms with Gasteiger partial charge in [0.25, 0.3) is 0 Å². The SMILES string of the molecule is Cc1ccc(N(CC(=O)NC2CCN(Cc3ccccc3)CC2)S(=O)(=O)N(C)C)cc1. The molecule has 1 saturated heterocycles. The Hall–Kier alpha value is -2.42. The molecule has 168 valence electrons. The van der Waals surface area contributed by atoms with E-state index in [-0.39, 0.29) is 18.5 Å². The summed E-state index contributed by atoms with van der Waals surface area (Å²) in [4.78, 5) is 15.1. The maximum Gasteiger partial charge on any atom is 0.304 e. The third kappa shape index (κ3) is 6.29. The summed E-state index contributed by atoms with van der Waals surface area (Å²) in [6.45, 7) is 4.40. The Morgan fingerprint density at radius 2 is 1.65 bits per heavy atom. The predicted octanol–water partition coefficient (Wildman–Crippen LogP) is 2.39. The second-order valence-electron chi connectivity index (χ2n) is 8.24. The lowest BCUT2D eigenvalue weighted by Gasteiger charge is -2.33. The Morgan fingerprint density at radius 3 is 2.23 bits per heavy atom. The molecule has 0 atom stereocenters. The molecule has 1 amide bonds. The lowest BCUT2D eigenvalue weighted by atomic mass is 10.0. The fourth-order valence-electron chi connectivity index (χ4n) is 3.69. The Labute approximate surface area is 185 Å². The van der Waals surface area contributed by atoms with Crippen LogP contribution in [0.1, 0.15) is 24.0 Å². The topological polar surface area (TPSA) is 73.0 Å². The number of carbonyl (C=O) groups is 1. The molecule has 0 bridgehead atoms. The van der Waals surface area contributed by atoms with Gasteiger partial charge in [0.05, 0.1) is 5.69 Å². The molecular weight excluding hydrogens is 412 g/mol. The number of carbonyl (C=O) groups excluding carboxylic acids is 1. The first kappa shape index (κ1) is 23.2. The van der Waals surface area contributed by atoms with Crippen LogP contribution in [0.4, 0.5) is 5.69 Å². The van der Waals surface area contributed by atoms with Gasteiger partial charge in [0.15, 0.2) is 0 Å². The molecule has 31 heavy (non-hydrogen) atoms. The summed E-state index contributed by atoms with van der Waals surface area (Å²) >= 11 is 0. The summed E-state index contributed by atoms with van der Waals surface area (Å²) in [6, 6.07) is 17.5. The second-order valence-corrected chi connectivity index (χ2v) is 10.3. The van der Waals surface area contributed by atoms with Gasteiger partial charge in [-0.1, -0.05) is 48.0 Å². The highest BCUT2D eigenvalue weighted by Gasteiger charge is 2.28. The molecule has 1 N–H and O–H groups in total. The summed E-state index contributed by atoms with van der Waals surface area (Å²) in [5.41, 5.74) is 2.79. The van der Waals surface area contributed by atoms with E-state index in [4.69, 9.17) is 0 Å². The van der Waals surface area contributed by atoms with Gasteiger partial charge in [-0.25, -0.2) is 4.31 Å². The monoisotopic (exact) mass is 444 g/mol. The molecule has 1 aliphatic heterocycles. The van der Waals surface area contributed by atoms with E-state index in [1.807, 2.05) is 37.3 Å². The van der Waals surface area contributed by atoms with Gasteiger partial charge in [-0.05, 0) is 37.5 Å². The molecule has 0 spiro atoms. The molecule has 0 radical (unpaired) electrons. The molecular formula is C23H32N4O3S. The molecule has 0 aromatic heterocycles. The molecule has 7 nitrogen and oxygen atoms in total. The number of piperidine rings is 1. The molecule has 0 unspecified atom stereocenters. The third-order valence-corrected chi connectivity index (χ3v) is 7.37. The van der Waals surface area contributed by atoms with Crippen molar-refractivity contribution in [3.8, 4) is 0 Å². The van der Waals surface area contributed by atoms with Gasteiger partial charge in [-0.15, -0.1) is 0 Å². The van der Waals surface area contributed by atoms with E-state index in [2.05, 4.69) is 22.3 Å². The Kier molecular flexibility index (Phi) is 7.69. The number of amides is 1. The molecule has 1 heterocycles. The minimum Gasteiger partial charge on any atom is -0.352 e. The van der Waals surface area contributed by atoms with Gasteiger partial charge in [0.1, 0.15) is 6.54 Å². The number of hydrogen-bond donors (Lipinski definition) is 1. The number of aryl methyl sites for hydroxylation is 1. The molecule has 3 rings (SSSR count). The van der Waals surface area contributed by atoms with Gasteiger partial charge >= 0.3 is 10.2 Å². The highest BCUT2D eigenvalue weighted by Crippen LogP contribution is 2.20. The zero-order valence-corrected chi connectivity index (χ0v) is 19.3. The van der Waals surface area contributed by atoms with Crippen LogP contribution < -0.4 is 9.62 Å². The molecule has 2 aromatic rings. The van der Waals surface area contributed by atoms with Crippen LogP contribution in [-0.2, 0) is 21.5 Å². The Bertz CT molecular complexity index is 954. The highest BCUT2D eigenvalue weighted by molar-refractivity contribution is 7.90. The first-order chi connectivity index (χ1) is 14.8. The number of anilines is 1. The minimum absolute atomic E-state index is 0.0569. The van der Waals surface area contributed by atoms with Crippen molar-refractivity contribution in [1.82, 2.24) is 14.5 Å². The van der Waals surface area contributed by atoms with Crippen molar-refractivity contribution in [3.05, 3.63) is 65.7 Å². The van der Waals surface area contributed by atoms with Crippen LogP contribution in [0.3, 0.4) is 0 Å². The van der Waals surface area contributed by atoms with E-state index in [0.29, 0.717) is 5.69 Å². The van der Waals surface area contributed by atoms with Gasteiger partial charge < -0.3 is 5.32 Å². The number of rotatable bonds is 8. The first-order valence-electron chi connectivity index (χ1n) is 10.6. The van der Waals surface area contributed by atoms with E-state index in [1.165, 1.54) is 19.7 Å². The number of nitrogens with one attached hydrogen (secondary N) is 1. The zero-order chi connectivity index (χ0) is 22.4. The van der Waals surface area contributed by atoms with Crippen LogP contribution in [0.25, 0.3) is 0 Å². The molecule has 0 saturated carbocycles. The normalized spacial score (nSPS) is 15.7. The Morgan fingerprint density at radius 1 is 1.03 bits per heavy atom. The third-order valence-electron chi connectivity index (χ3n) is 5.55. The van der Waals surface area contributed by atoms with Crippen molar-refractivity contribution in [2.45, 2.75) is 32.4 Å². The van der Waals surface area contributed by atoms with Gasteiger partial charge in [0, 0.05) is 39.8 Å². The van der Waals surface area contributed by atoms with Gasteiger partial charge in [-0.3, -0.25) is 9.69 Å². The molecule has 2 aromatic carbocycles. The smallest absolute Gasteiger partial charge is 0.304 e. The lowest BCUT2D eigenvalue weighted by molar-refractivity contribution is -0.120. The number of hydrogen-bond acceptors (Lipinski definition) is 4. The molecule has 1 aliphatic rings. The predicted molar refractivity (Wildman–Crippen MR) is 124 cm³/mol. The van der Waals surface area contributed by atoms with Crippen LogP contribution >= 0.6 is 0 Å². The number of benzene rings is 2. The maximum absolute atomic E-state index is 12.8. The lowest BCUT2D eigenvalue weighted by Crippen LogP contribution is -2.50. The fraction of sp³-hybridized carbons (Fsp3) is 0.435. The second kappa shape index (κ2) is 10.3. The van der Waals surface area contributed by atoms with Crippen LogP contribution in [0.5, 0.6) is 0 Å². The molecule has 0 aliphatic carbocycles. The van der Waals surface area contributed by atoms with Crippen LogP contribution in [0, 0.1) is 6.92 Å². The van der Waals surface area contributed by atoms with E-state index >= 15 is 0 Å². The summed E-state index contributed by atoms with van der Waals surface area (Å²) in [6.07, 6.45) is 1.70. The van der Waals surface area contributed by atoms with Crippen molar-refractivity contribution >= 4 is 21.8 Å². The quantitative estimate of drug-likeness (QED) is 0.679. The number of nitrogens with zero attached hydrogens (tertiary/aromatic N) is 3. The summed E-state index contributed by atoms with van der Waals surface area (Å²) in [7, 11) is -0.848. The molecule has 8 heteroatoms. The molecule has 1 fully saturated rings. The summed E-state index contributed by atoms with van der Waals surface area (Å²) in [5.74, 6) is -0.285. The van der Waals surface area contributed by atoms with E-state index in [1.54, 1.807) is 12.1 Å². The zero-order valence-electron chi connectivity index (χ0n) is 18.5. The van der Waals surface area contributed by atoms with Crippen molar-refractivity contribution in [2.75, 3.05) is 38.0 Å². The Balaban J connectivity index is 1.58. The number of likely N-dealkylation sites (tertiary alicyclic amines) is 1. The van der Waals surface area contributed by atoms with Crippen molar-refractivity contribution in [1.29, 1.82) is 0 Å². The average Bonchev–Trinajstić information content (AvgIpc) is 2.75. The minimum atomic E-state index is -3.79. The summed E-state index contributed by atoms with van der Waals surface area (Å²) in [5, 5.41) is 3.04. The van der Waals surface area contributed by atoms with Crippen LogP contribution in [0.2, 0.25) is 0 Å². The van der Waals surface area contributed by atoms with Crippen molar-refractivity contribution in [2.24, 2.45) is 0 Å². The van der Waals surface area contributed by atoms with Crippen LogP contribution in [-0.4, -0.2) is 63.3 Å².